The van der Waals surface area contributed by atoms with Gasteiger partial charge < -0.3 is 10.6 Å². The number of likely N-dealkylation sites (N-methyl/N-ethyl adjacent to an activating group) is 1. The van der Waals surface area contributed by atoms with Crippen LogP contribution in [0.25, 0.3) is 0 Å². The number of hydrogen-bond donors (Lipinski definition) is 2. The standard InChI is InChI=1S/C21H25N3O4S/c1-16(25)23-18-8-10-19(11-9-18)29(27,28)24(2)14-20(26)22-15-21(12-13-21)17-6-4-3-5-7-17/h3-11H,12-15H2,1-2H3,(H,22,26)(H,23,25). The Morgan fingerprint density at radius 2 is 1.66 bits per heavy atom. The Morgan fingerprint density at radius 3 is 2.21 bits per heavy atom. The summed E-state index contributed by atoms with van der Waals surface area (Å²) in [5.74, 6) is -0.577. The number of carbonyl (C=O) groups excluding carboxylic acids is 2. The van der Waals surface area contributed by atoms with Gasteiger partial charge in [-0.3, -0.25) is 9.59 Å². The van der Waals surface area contributed by atoms with Crippen molar-refractivity contribution in [3.63, 3.8) is 0 Å². The van der Waals surface area contributed by atoms with E-state index >= 15 is 0 Å². The number of benzene rings is 2. The maximum absolute atomic E-state index is 12.7. The Balaban J connectivity index is 1.58. The molecule has 0 heterocycles. The molecular weight excluding hydrogens is 390 g/mol. The molecule has 7 nitrogen and oxygen atoms in total. The van der Waals surface area contributed by atoms with Gasteiger partial charge in [0.15, 0.2) is 0 Å². The second-order valence-electron chi connectivity index (χ2n) is 7.39. The molecule has 0 spiro atoms. The molecule has 1 fully saturated rings. The molecule has 1 saturated carbocycles. The number of sulfonamides is 1. The van der Waals surface area contributed by atoms with Crippen molar-refractivity contribution in [1.82, 2.24) is 9.62 Å². The average molecular weight is 416 g/mol. The summed E-state index contributed by atoms with van der Waals surface area (Å²) in [6.45, 7) is 1.61. The van der Waals surface area contributed by atoms with E-state index in [4.69, 9.17) is 0 Å². The van der Waals surface area contributed by atoms with Crippen LogP contribution in [0.1, 0.15) is 25.3 Å². The van der Waals surface area contributed by atoms with E-state index in [1.807, 2.05) is 18.2 Å². The number of amides is 2. The number of carbonyl (C=O) groups is 2. The third-order valence-corrected chi connectivity index (χ3v) is 6.93. The largest absolute Gasteiger partial charge is 0.354 e. The molecule has 2 aromatic carbocycles. The SMILES string of the molecule is CC(=O)Nc1ccc(S(=O)(=O)N(C)CC(=O)NCC2(c3ccccc3)CC2)cc1. The zero-order valence-electron chi connectivity index (χ0n) is 16.5. The molecule has 2 N–H and O–H groups in total. The highest BCUT2D eigenvalue weighted by atomic mass is 32.2. The Labute approximate surface area is 171 Å². The number of nitrogens with one attached hydrogen (secondary N) is 2. The molecule has 2 amide bonds. The van der Waals surface area contributed by atoms with E-state index in [0.29, 0.717) is 12.2 Å². The quantitative estimate of drug-likeness (QED) is 0.690. The average Bonchev–Trinajstić information content (AvgIpc) is 3.48. The number of anilines is 1. The minimum absolute atomic E-state index is 0.0338. The minimum Gasteiger partial charge on any atom is -0.354 e. The number of nitrogens with zero attached hydrogens (tertiary/aromatic N) is 1. The van der Waals surface area contributed by atoms with Crippen molar-refractivity contribution in [1.29, 1.82) is 0 Å². The van der Waals surface area contributed by atoms with E-state index in [1.54, 1.807) is 0 Å². The zero-order chi connectivity index (χ0) is 21.1. The Bertz CT molecular complexity index is 984. The summed E-state index contributed by atoms with van der Waals surface area (Å²) in [4.78, 5) is 23.5. The molecule has 0 aliphatic heterocycles. The molecular formula is C21H25N3O4S. The summed E-state index contributed by atoms with van der Waals surface area (Å²) < 4.78 is 26.4. The third-order valence-electron chi connectivity index (χ3n) is 5.11. The van der Waals surface area contributed by atoms with Crippen molar-refractivity contribution < 1.29 is 18.0 Å². The second kappa shape index (κ2) is 8.34. The van der Waals surface area contributed by atoms with E-state index in [2.05, 4.69) is 22.8 Å². The predicted molar refractivity (Wildman–Crippen MR) is 111 cm³/mol. The molecule has 8 heteroatoms. The van der Waals surface area contributed by atoms with Crippen molar-refractivity contribution in [2.24, 2.45) is 0 Å². The van der Waals surface area contributed by atoms with Crippen LogP contribution in [0.2, 0.25) is 0 Å². The van der Waals surface area contributed by atoms with Crippen molar-refractivity contribution in [3.8, 4) is 0 Å². The highest BCUT2D eigenvalue weighted by molar-refractivity contribution is 7.89. The van der Waals surface area contributed by atoms with Gasteiger partial charge in [-0.1, -0.05) is 30.3 Å². The lowest BCUT2D eigenvalue weighted by atomic mass is 9.96. The van der Waals surface area contributed by atoms with Gasteiger partial charge in [-0.25, -0.2) is 8.42 Å². The molecule has 154 valence electrons. The summed E-state index contributed by atoms with van der Waals surface area (Å²) in [6.07, 6.45) is 2.01. The number of rotatable bonds is 8. The van der Waals surface area contributed by atoms with Crippen LogP contribution in [0.5, 0.6) is 0 Å². The van der Waals surface area contributed by atoms with E-state index in [1.165, 1.54) is 43.8 Å². The summed E-state index contributed by atoms with van der Waals surface area (Å²) in [6, 6.07) is 15.9. The van der Waals surface area contributed by atoms with E-state index in [9.17, 15) is 18.0 Å². The van der Waals surface area contributed by atoms with Gasteiger partial charge in [-0.15, -0.1) is 0 Å². The van der Waals surface area contributed by atoms with Crippen LogP contribution in [0.15, 0.2) is 59.5 Å². The van der Waals surface area contributed by atoms with Gasteiger partial charge in [0.2, 0.25) is 21.8 Å². The maximum atomic E-state index is 12.7. The first kappa shape index (κ1) is 21.0. The van der Waals surface area contributed by atoms with Crippen LogP contribution >= 0.6 is 0 Å². The molecule has 0 aromatic heterocycles. The highest BCUT2D eigenvalue weighted by Crippen LogP contribution is 2.47. The Morgan fingerprint density at radius 1 is 1.03 bits per heavy atom. The van der Waals surface area contributed by atoms with Crippen LogP contribution in [0, 0.1) is 0 Å². The van der Waals surface area contributed by atoms with Gasteiger partial charge in [0.25, 0.3) is 0 Å². The summed E-state index contributed by atoms with van der Waals surface area (Å²) >= 11 is 0. The molecule has 3 rings (SSSR count). The second-order valence-corrected chi connectivity index (χ2v) is 9.43. The topological polar surface area (TPSA) is 95.6 Å². The van der Waals surface area contributed by atoms with Gasteiger partial charge >= 0.3 is 0 Å². The fraction of sp³-hybridized carbons (Fsp3) is 0.333. The summed E-state index contributed by atoms with van der Waals surface area (Å²) in [5.41, 5.74) is 1.67. The lowest BCUT2D eigenvalue weighted by molar-refractivity contribution is -0.121. The third kappa shape index (κ3) is 5.02. The normalized spacial score (nSPS) is 15.0. The van der Waals surface area contributed by atoms with Crippen molar-refractivity contribution in [3.05, 3.63) is 60.2 Å². The van der Waals surface area contributed by atoms with Crippen molar-refractivity contribution in [2.45, 2.75) is 30.1 Å². The molecule has 0 atom stereocenters. The lowest BCUT2D eigenvalue weighted by Gasteiger charge is -2.20. The molecule has 0 bridgehead atoms. The first-order valence-electron chi connectivity index (χ1n) is 9.39. The van der Waals surface area contributed by atoms with Crippen molar-refractivity contribution in [2.75, 3.05) is 25.5 Å². The van der Waals surface area contributed by atoms with Crippen LogP contribution in [0.4, 0.5) is 5.69 Å². The fourth-order valence-electron chi connectivity index (χ4n) is 3.21. The van der Waals surface area contributed by atoms with Gasteiger partial charge in [-0.05, 0) is 42.7 Å². The molecule has 0 radical (unpaired) electrons. The van der Waals surface area contributed by atoms with Crippen molar-refractivity contribution >= 4 is 27.5 Å². The Hall–Kier alpha value is -2.71. The van der Waals surface area contributed by atoms with Gasteiger partial charge in [0.05, 0.1) is 11.4 Å². The summed E-state index contributed by atoms with van der Waals surface area (Å²) in [7, 11) is -2.43. The summed E-state index contributed by atoms with van der Waals surface area (Å²) in [5, 5.41) is 5.46. The van der Waals surface area contributed by atoms with E-state index < -0.39 is 10.0 Å². The highest BCUT2D eigenvalue weighted by Gasteiger charge is 2.44. The Kier molecular flexibility index (Phi) is 6.04. The van der Waals surface area contributed by atoms with Crippen LogP contribution in [0.3, 0.4) is 0 Å². The predicted octanol–water partition coefficient (Wildman–Crippen LogP) is 2.11. The van der Waals surface area contributed by atoms with Crippen LogP contribution in [-0.2, 0) is 25.0 Å². The molecule has 29 heavy (non-hydrogen) atoms. The van der Waals surface area contributed by atoms with Gasteiger partial charge in [0, 0.05) is 31.6 Å². The monoisotopic (exact) mass is 415 g/mol. The molecule has 2 aromatic rings. The number of hydrogen-bond acceptors (Lipinski definition) is 4. The molecule has 1 aliphatic carbocycles. The zero-order valence-corrected chi connectivity index (χ0v) is 17.3. The van der Waals surface area contributed by atoms with E-state index in [0.717, 1.165) is 17.1 Å². The first-order chi connectivity index (χ1) is 13.7. The molecule has 0 saturated heterocycles. The lowest BCUT2D eigenvalue weighted by Crippen LogP contribution is -2.41. The van der Waals surface area contributed by atoms with Crippen LogP contribution < -0.4 is 10.6 Å². The smallest absolute Gasteiger partial charge is 0.243 e. The van der Waals surface area contributed by atoms with Gasteiger partial charge in [0.1, 0.15) is 0 Å². The molecule has 1 aliphatic rings. The first-order valence-corrected chi connectivity index (χ1v) is 10.8. The van der Waals surface area contributed by atoms with Gasteiger partial charge in [-0.2, -0.15) is 4.31 Å². The van der Waals surface area contributed by atoms with Crippen LogP contribution in [-0.4, -0.2) is 44.7 Å². The minimum atomic E-state index is -3.81. The van der Waals surface area contributed by atoms with E-state index in [-0.39, 0.29) is 28.7 Å². The fourth-order valence-corrected chi connectivity index (χ4v) is 4.34. The maximum Gasteiger partial charge on any atom is 0.243 e. The molecule has 0 unspecified atom stereocenters.